The lowest BCUT2D eigenvalue weighted by Gasteiger charge is -2.16. The van der Waals surface area contributed by atoms with Crippen molar-refractivity contribution >= 4 is 0 Å². The van der Waals surface area contributed by atoms with E-state index in [-0.39, 0.29) is 11.9 Å². The fourth-order valence-electron chi connectivity index (χ4n) is 2.02. The molecule has 1 aromatic rings. The van der Waals surface area contributed by atoms with Crippen LogP contribution in [-0.4, -0.2) is 22.6 Å². The van der Waals surface area contributed by atoms with E-state index in [9.17, 15) is 13.2 Å². The Morgan fingerprint density at radius 2 is 2.17 bits per heavy atom. The third-order valence-corrected chi connectivity index (χ3v) is 3.06. The van der Waals surface area contributed by atoms with Crippen molar-refractivity contribution in [3.05, 3.63) is 23.8 Å². The zero-order valence-electron chi connectivity index (χ0n) is 10.2. The molecule has 1 saturated carbocycles. The van der Waals surface area contributed by atoms with Crippen LogP contribution in [0.25, 0.3) is 0 Å². The minimum absolute atomic E-state index is 0.193. The fraction of sp³-hybridized carbons (Fsp3) is 0.667. The lowest BCUT2D eigenvalue weighted by atomic mass is 10.1. The molecule has 0 bridgehead atoms. The Morgan fingerprint density at radius 1 is 1.44 bits per heavy atom. The number of nitrogens with one attached hydrogen (secondary N) is 1. The molecule has 6 heteroatoms. The van der Waals surface area contributed by atoms with Crippen molar-refractivity contribution in [2.45, 2.75) is 38.4 Å². The predicted molar refractivity (Wildman–Crippen MR) is 60.9 cm³/mol. The molecule has 1 aliphatic rings. The van der Waals surface area contributed by atoms with Crippen molar-refractivity contribution in [2.75, 3.05) is 6.54 Å². The first-order chi connectivity index (χ1) is 8.50. The standard InChI is InChI=1S/C12H16F3N3/c1-2-16-9(8-3-4-8)7-11-17-6-5-10(18-11)12(13,14)15/h5-6,8-9,16H,2-4,7H2,1H3. The minimum Gasteiger partial charge on any atom is -0.314 e. The lowest BCUT2D eigenvalue weighted by molar-refractivity contribution is -0.141. The van der Waals surface area contributed by atoms with Gasteiger partial charge in [-0.15, -0.1) is 0 Å². The van der Waals surface area contributed by atoms with Crippen LogP contribution in [0.1, 0.15) is 31.3 Å². The number of alkyl halides is 3. The zero-order chi connectivity index (χ0) is 13.2. The van der Waals surface area contributed by atoms with E-state index in [1.165, 1.54) is 6.20 Å². The number of likely N-dealkylation sites (N-methyl/N-ethyl adjacent to an activating group) is 1. The Labute approximate surface area is 104 Å². The molecule has 0 aliphatic heterocycles. The molecule has 0 saturated heterocycles. The fourth-order valence-corrected chi connectivity index (χ4v) is 2.02. The topological polar surface area (TPSA) is 37.8 Å². The van der Waals surface area contributed by atoms with Gasteiger partial charge in [0.1, 0.15) is 11.5 Å². The Kier molecular flexibility index (Phi) is 3.85. The van der Waals surface area contributed by atoms with Crippen LogP contribution in [0, 0.1) is 5.92 Å². The molecule has 0 aromatic carbocycles. The van der Waals surface area contributed by atoms with Gasteiger partial charge in [-0.1, -0.05) is 6.92 Å². The maximum atomic E-state index is 12.5. The summed E-state index contributed by atoms with van der Waals surface area (Å²) in [7, 11) is 0. The van der Waals surface area contributed by atoms with Crippen LogP contribution in [-0.2, 0) is 12.6 Å². The van der Waals surface area contributed by atoms with E-state index in [4.69, 9.17) is 0 Å². The van der Waals surface area contributed by atoms with Gasteiger partial charge in [-0.3, -0.25) is 0 Å². The summed E-state index contributed by atoms with van der Waals surface area (Å²) in [5.74, 6) is 0.825. The zero-order valence-corrected chi connectivity index (χ0v) is 10.2. The Bertz CT molecular complexity index is 402. The van der Waals surface area contributed by atoms with Gasteiger partial charge in [-0.2, -0.15) is 13.2 Å². The smallest absolute Gasteiger partial charge is 0.314 e. The van der Waals surface area contributed by atoms with E-state index in [2.05, 4.69) is 15.3 Å². The van der Waals surface area contributed by atoms with E-state index < -0.39 is 11.9 Å². The summed E-state index contributed by atoms with van der Waals surface area (Å²) >= 11 is 0. The Balaban J connectivity index is 2.08. The van der Waals surface area contributed by atoms with Gasteiger partial charge in [0.25, 0.3) is 0 Å². The van der Waals surface area contributed by atoms with Gasteiger partial charge in [-0.25, -0.2) is 9.97 Å². The van der Waals surface area contributed by atoms with Crippen LogP contribution in [0.4, 0.5) is 13.2 Å². The number of aromatic nitrogens is 2. The molecule has 1 aliphatic carbocycles. The molecule has 1 unspecified atom stereocenters. The molecule has 0 amide bonds. The number of halogens is 3. The molecule has 0 spiro atoms. The van der Waals surface area contributed by atoms with E-state index >= 15 is 0 Å². The molecular formula is C12H16F3N3. The highest BCUT2D eigenvalue weighted by molar-refractivity contribution is 5.07. The molecule has 100 valence electrons. The molecule has 1 N–H and O–H groups in total. The van der Waals surface area contributed by atoms with Gasteiger partial charge in [0.15, 0.2) is 0 Å². The third-order valence-electron chi connectivity index (χ3n) is 3.06. The second-order valence-corrected chi connectivity index (χ2v) is 4.56. The molecular weight excluding hydrogens is 243 g/mol. The van der Waals surface area contributed by atoms with Crippen molar-refractivity contribution < 1.29 is 13.2 Å². The molecule has 1 heterocycles. The Morgan fingerprint density at radius 3 is 2.72 bits per heavy atom. The number of hydrogen-bond acceptors (Lipinski definition) is 3. The van der Waals surface area contributed by atoms with Gasteiger partial charge in [0.2, 0.25) is 0 Å². The quantitative estimate of drug-likeness (QED) is 0.882. The van der Waals surface area contributed by atoms with E-state index in [1.54, 1.807) is 0 Å². The maximum Gasteiger partial charge on any atom is 0.433 e. The van der Waals surface area contributed by atoms with Crippen LogP contribution >= 0.6 is 0 Å². The van der Waals surface area contributed by atoms with Gasteiger partial charge in [-0.05, 0) is 31.4 Å². The third kappa shape index (κ3) is 3.41. The number of rotatable bonds is 5. The summed E-state index contributed by atoms with van der Waals surface area (Å²) in [4.78, 5) is 7.53. The Hall–Kier alpha value is -1.17. The van der Waals surface area contributed by atoms with Crippen molar-refractivity contribution in [2.24, 2.45) is 5.92 Å². The highest BCUT2D eigenvalue weighted by atomic mass is 19.4. The van der Waals surface area contributed by atoms with Gasteiger partial charge >= 0.3 is 6.18 Å². The molecule has 18 heavy (non-hydrogen) atoms. The van der Waals surface area contributed by atoms with E-state index in [0.29, 0.717) is 12.3 Å². The number of hydrogen-bond donors (Lipinski definition) is 1. The molecule has 3 nitrogen and oxygen atoms in total. The second-order valence-electron chi connectivity index (χ2n) is 4.56. The number of nitrogens with zero attached hydrogens (tertiary/aromatic N) is 2. The van der Waals surface area contributed by atoms with Crippen LogP contribution < -0.4 is 5.32 Å². The predicted octanol–water partition coefficient (Wildman–Crippen LogP) is 2.43. The summed E-state index contributed by atoms with van der Waals surface area (Å²) in [5.41, 5.74) is -0.862. The average molecular weight is 259 g/mol. The van der Waals surface area contributed by atoms with E-state index in [1.807, 2.05) is 6.92 Å². The van der Waals surface area contributed by atoms with Crippen LogP contribution in [0.5, 0.6) is 0 Å². The molecule has 1 atom stereocenters. The van der Waals surface area contributed by atoms with Gasteiger partial charge < -0.3 is 5.32 Å². The summed E-state index contributed by atoms with van der Waals surface area (Å²) in [5, 5.41) is 3.29. The average Bonchev–Trinajstić information content (AvgIpc) is 3.11. The van der Waals surface area contributed by atoms with Crippen molar-refractivity contribution in [1.29, 1.82) is 0 Å². The monoisotopic (exact) mass is 259 g/mol. The largest absolute Gasteiger partial charge is 0.433 e. The van der Waals surface area contributed by atoms with Gasteiger partial charge in [0.05, 0.1) is 0 Å². The van der Waals surface area contributed by atoms with E-state index in [0.717, 1.165) is 25.5 Å². The SMILES string of the molecule is CCNC(Cc1nccc(C(F)(F)F)n1)C1CC1. The van der Waals surface area contributed by atoms with Gasteiger partial charge in [0, 0.05) is 18.7 Å². The molecule has 1 aromatic heterocycles. The van der Waals surface area contributed by atoms with Crippen LogP contribution in [0.15, 0.2) is 12.3 Å². The highest BCUT2D eigenvalue weighted by Crippen LogP contribution is 2.34. The van der Waals surface area contributed by atoms with Crippen molar-refractivity contribution in [3.63, 3.8) is 0 Å². The van der Waals surface area contributed by atoms with Crippen molar-refractivity contribution in [1.82, 2.24) is 15.3 Å². The first-order valence-corrected chi connectivity index (χ1v) is 6.13. The minimum atomic E-state index is -4.40. The van der Waals surface area contributed by atoms with Crippen LogP contribution in [0.2, 0.25) is 0 Å². The second kappa shape index (κ2) is 5.22. The highest BCUT2D eigenvalue weighted by Gasteiger charge is 2.34. The first-order valence-electron chi connectivity index (χ1n) is 6.13. The van der Waals surface area contributed by atoms with Crippen molar-refractivity contribution in [3.8, 4) is 0 Å². The van der Waals surface area contributed by atoms with Crippen LogP contribution in [0.3, 0.4) is 0 Å². The summed E-state index contributed by atoms with van der Waals surface area (Å²) in [6.45, 7) is 2.79. The molecule has 2 rings (SSSR count). The summed E-state index contributed by atoms with van der Waals surface area (Å²) in [6.07, 6.45) is -0.484. The maximum absolute atomic E-state index is 12.5. The summed E-state index contributed by atoms with van der Waals surface area (Å²) < 4.78 is 37.6. The summed E-state index contributed by atoms with van der Waals surface area (Å²) in [6, 6.07) is 1.10. The normalized spacial score (nSPS) is 17.8. The molecule has 0 radical (unpaired) electrons. The lowest BCUT2D eigenvalue weighted by Crippen LogP contribution is -2.33. The first kappa shape index (κ1) is 13.3. The molecule has 1 fully saturated rings.